The number of hydrogen-bond donors (Lipinski definition) is 3. The summed E-state index contributed by atoms with van der Waals surface area (Å²) in [5.41, 5.74) is 3.65. The van der Waals surface area contributed by atoms with Crippen LogP contribution < -0.4 is 5.32 Å². The van der Waals surface area contributed by atoms with E-state index >= 15 is 0 Å². The fourth-order valence-electron chi connectivity index (χ4n) is 4.06. The summed E-state index contributed by atoms with van der Waals surface area (Å²) in [7, 11) is 0. The quantitative estimate of drug-likeness (QED) is 0.359. The van der Waals surface area contributed by atoms with E-state index in [0.717, 1.165) is 62.5 Å². The summed E-state index contributed by atoms with van der Waals surface area (Å²) in [6.07, 6.45) is -3.99. The van der Waals surface area contributed by atoms with Crippen LogP contribution in [0.2, 0.25) is 5.02 Å². The molecule has 1 fully saturated rings. The van der Waals surface area contributed by atoms with Gasteiger partial charge < -0.3 is 15.5 Å². The van der Waals surface area contributed by atoms with Gasteiger partial charge in [-0.3, -0.25) is 14.6 Å². The van der Waals surface area contributed by atoms with Gasteiger partial charge in [-0.1, -0.05) is 35.9 Å². The van der Waals surface area contributed by atoms with Crippen LogP contribution >= 0.6 is 11.6 Å². The number of benzene rings is 3. The molecule has 0 radical (unpaired) electrons. The highest BCUT2D eigenvalue weighted by molar-refractivity contribution is 6.30. The average Bonchev–Trinajstić information content (AvgIpc) is 3.10. The number of aromatic hydroxyl groups is 1. The molecular formula is C28H29ClF3N3O4. The number of carboxylic acid groups (broad SMARTS) is 1. The molecule has 3 N–H and O–H groups in total. The van der Waals surface area contributed by atoms with Crippen LogP contribution in [0.15, 0.2) is 72.8 Å². The maximum Gasteiger partial charge on any atom is 0.490 e. The average molecular weight is 564 g/mol. The van der Waals surface area contributed by atoms with Gasteiger partial charge in [-0.25, -0.2) is 4.79 Å². The number of phenols is 1. The number of anilines is 1. The van der Waals surface area contributed by atoms with Gasteiger partial charge in [0, 0.05) is 42.5 Å². The number of phenolic OH excluding ortho intramolecular Hbond substituents is 1. The zero-order chi connectivity index (χ0) is 28.4. The van der Waals surface area contributed by atoms with Gasteiger partial charge in [0.15, 0.2) is 0 Å². The van der Waals surface area contributed by atoms with Gasteiger partial charge in [0.2, 0.25) is 0 Å². The third-order valence-electron chi connectivity index (χ3n) is 5.94. The number of carbonyl (C=O) groups excluding carboxylic acids is 1. The first-order valence-corrected chi connectivity index (χ1v) is 12.6. The molecule has 0 unspecified atom stereocenters. The van der Waals surface area contributed by atoms with Crippen LogP contribution in [0.1, 0.15) is 27.9 Å². The van der Waals surface area contributed by atoms with E-state index in [-0.39, 0.29) is 5.91 Å². The van der Waals surface area contributed by atoms with Crippen LogP contribution in [0.25, 0.3) is 0 Å². The number of carboxylic acids is 1. The molecule has 1 saturated heterocycles. The highest BCUT2D eigenvalue weighted by Crippen LogP contribution is 2.18. The Balaban J connectivity index is 0.000000532. The van der Waals surface area contributed by atoms with Gasteiger partial charge in [0.25, 0.3) is 5.91 Å². The topological polar surface area (TPSA) is 93.1 Å². The lowest BCUT2D eigenvalue weighted by Gasteiger charge is -2.22. The molecule has 1 heterocycles. The van der Waals surface area contributed by atoms with E-state index in [1.165, 1.54) is 0 Å². The number of nitrogens with zero attached hydrogens (tertiary/aromatic N) is 2. The van der Waals surface area contributed by atoms with Crippen molar-refractivity contribution in [2.24, 2.45) is 0 Å². The predicted octanol–water partition coefficient (Wildman–Crippen LogP) is 5.64. The second-order valence-electron chi connectivity index (χ2n) is 9.04. The monoisotopic (exact) mass is 563 g/mol. The van der Waals surface area contributed by atoms with Crippen LogP contribution in [-0.4, -0.2) is 64.2 Å². The number of nitrogens with one attached hydrogen (secondary N) is 1. The molecule has 1 aliphatic rings. The first-order valence-electron chi connectivity index (χ1n) is 12.2. The molecule has 3 aromatic rings. The van der Waals surface area contributed by atoms with Gasteiger partial charge >= 0.3 is 12.1 Å². The first kappa shape index (κ1) is 29.9. The molecule has 1 aliphatic heterocycles. The zero-order valence-corrected chi connectivity index (χ0v) is 21.8. The van der Waals surface area contributed by atoms with E-state index in [1.807, 2.05) is 30.3 Å². The standard InChI is InChI=1S/C26H28ClN3O2.C2HF3O2/c27-23-8-10-24(11-9-23)28-26(32)22-6-1-4-20(16-22)18-29-12-3-13-30(15-14-29)19-21-5-2-7-25(31)17-21;3-2(4,5)1(6)7/h1-2,4-11,16-17,31H,3,12-15,18-19H2,(H,28,32);(H,6,7). The van der Waals surface area contributed by atoms with Crippen LogP contribution in [0.4, 0.5) is 18.9 Å². The summed E-state index contributed by atoms with van der Waals surface area (Å²) in [6, 6.07) is 22.4. The summed E-state index contributed by atoms with van der Waals surface area (Å²) in [6.45, 7) is 5.68. The molecule has 0 atom stereocenters. The highest BCUT2D eigenvalue weighted by Gasteiger charge is 2.38. The molecule has 0 spiro atoms. The Kier molecular flexibility index (Phi) is 10.7. The van der Waals surface area contributed by atoms with Crippen LogP contribution in [0, 0.1) is 0 Å². The van der Waals surface area contributed by atoms with Crippen molar-refractivity contribution in [2.75, 3.05) is 31.5 Å². The van der Waals surface area contributed by atoms with Gasteiger partial charge in [0.1, 0.15) is 5.75 Å². The van der Waals surface area contributed by atoms with Gasteiger partial charge in [-0.15, -0.1) is 0 Å². The number of carbonyl (C=O) groups is 2. The van der Waals surface area contributed by atoms with Crippen molar-refractivity contribution in [3.8, 4) is 5.75 Å². The number of amides is 1. The fraction of sp³-hybridized carbons (Fsp3) is 0.286. The van der Waals surface area contributed by atoms with Crippen molar-refractivity contribution in [3.05, 3.63) is 94.5 Å². The molecule has 4 rings (SSSR count). The molecule has 39 heavy (non-hydrogen) atoms. The Labute approximate surface area is 229 Å². The predicted molar refractivity (Wildman–Crippen MR) is 143 cm³/mol. The van der Waals surface area contributed by atoms with Crippen LogP contribution in [0.5, 0.6) is 5.75 Å². The number of rotatable bonds is 6. The molecular weight excluding hydrogens is 535 g/mol. The summed E-state index contributed by atoms with van der Waals surface area (Å²) < 4.78 is 31.7. The second kappa shape index (κ2) is 14.0. The third kappa shape index (κ3) is 10.2. The van der Waals surface area contributed by atoms with E-state index in [9.17, 15) is 23.1 Å². The Bertz CT molecular complexity index is 1260. The molecule has 0 bridgehead atoms. The number of halogens is 4. The van der Waals surface area contributed by atoms with Gasteiger partial charge in [-0.05, 0) is 79.2 Å². The molecule has 208 valence electrons. The molecule has 7 nitrogen and oxygen atoms in total. The largest absolute Gasteiger partial charge is 0.508 e. The normalized spacial score (nSPS) is 14.6. The highest BCUT2D eigenvalue weighted by atomic mass is 35.5. The van der Waals surface area contributed by atoms with Crippen molar-refractivity contribution in [1.29, 1.82) is 0 Å². The number of aliphatic carboxylic acids is 1. The van der Waals surface area contributed by atoms with E-state index in [2.05, 4.69) is 27.2 Å². The zero-order valence-electron chi connectivity index (χ0n) is 21.0. The Morgan fingerprint density at radius 2 is 1.38 bits per heavy atom. The molecule has 0 saturated carbocycles. The first-order chi connectivity index (χ1) is 18.5. The van der Waals surface area contributed by atoms with E-state index in [1.54, 1.807) is 30.3 Å². The lowest BCUT2D eigenvalue weighted by Crippen LogP contribution is -2.30. The fourth-order valence-corrected chi connectivity index (χ4v) is 4.19. The Morgan fingerprint density at radius 1 is 0.846 bits per heavy atom. The molecule has 1 amide bonds. The third-order valence-corrected chi connectivity index (χ3v) is 6.19. The summed E-state index contributed by atoms with van der Waals surface area (Å²) in [5, 5.41) is 20.4. The van der Waals surface area contributed by atoms with Crippen molar-refractivity contribution in [1.82, 2.24) is 9.80 Å². The summed E-state index contributed by atoms with van der Waals surface area (Å²) in [5.74, 6) is -2.56. The number of alkyl halides is 3. The van der Waals surface area contributed by atoms with Crippen molar-refractivity contribution in [3.63, 3.8) is 0 Å². The smallest absolute Gasteiger partial charge is 0.490 e. The maximum atomic E-state index is 12.7. The van der Waals surface area contributed by atoms with Gasteiger partial charge in [0.05, 0.1) is 0 Å². The summed E-state index contributed by atoms with van der Waals surface area (Å²) >= 11 is 5.92. The lowest BCUT2D eigenvalue weighted by molar-refractivity contribution is -0.192. The number of hydrogen-bond acceptors (Lipinski definition) is 5. The summed E-state index contributed by atoms with van der Waals surface area (Å²) in [4.78, 5) is 26.4. The Morgan fingerprint density at radius 3 is 1.92 bits per heavy atom. The van der Waals surface area contributed by atoms with E-state index < -0.39 is 12.1 Å². The van der Waals surface area contributed by atoms with Gasteiger partial charge in [-0.2, -0.15) is 13.2 Å². The minimum absolute atomic E-state index is 0.123. The van der Waals surface area contributed by atoms with Crippen molar-refractivity contribution in [2.45, 2.75) is 25.7 Å². The Hall–Kier alpha value is -3.60. The van der Waals surface area contributed by atoms with E-state index in [0.29, 0.717) is 16.3 Å². The minimum atomic E-state index is -5.08. The van der Waals surface area contributed by atoms with Crippen LogP contribution in [-0.2, 0) is 17.9 Å². The SMILES string of the molecule is O=C(Nc1ccc(Cl)cc1)c1cccc(CN2CCCN(Cc3cccc(O)c3)CC2)c1.O=C(O)C(F)(F)F. The van der Waals surface area contributed by atoms with Crippen molar-refractivity contribution >= 4 is 29.2 Å². The molecule has 0 aliphatic carbocycles. The minimum Gasteiger partial charge on any atom is -0.508 e. The maximum absolute atomic E-state index is 12.7. The lowest BCUT2D eigenvalue weighted by atomic mass is 10.1. The van der Waals surface area contributed by atoms with Crippen LogP contribution in [0.3, 0.4) is 0 Å². The molecule has 3 aromatic carbocycles. The van der Waals surface area contributed by atoms with E-state index in [4.69, 9.17) is 21.5 Å². The molecule has 11 heteroatoms. The second-order valence-corrected chi connectivity index (χ2v) is 9.48. The van der Waals surface area contributed by atoms with Crippen molar-refractivity contribution < 1.29 is 33.0 Å². The molecule has 0 aromatic heterocycles.